The second kappa shape index (κ2) is 10.1. The average Bonchev–Trinajstić information content (AvgIpc) is 3.52. The molecule has 2 aromatic heterocycles. The quantitative estimate of drug-likeness (QED) is 0.270. The summed E-state index contributed by atoms with van der Waals surface area (Å²) < 4.78 is 50.8. The zero-order valence-corrected chi connectivity index (χ0v) is 21.4. The van der Waals surface area contributed by atoms with E-state index in [4.69, 9.17) is 9.47 Å². The molecule has 4 aromatic rings. The maximum Gasteiger partial charge on any atom is 0.422 e. The highest BCUT2D eigenvalue weighted by atomic mass is 32.1. The SMILES string of the molecule is CCn1cc(C(=O)N2CCc3ccsc3C2Cc2ccc(OC)c(OCC(F)(F)F)c2)c2ccccc21. The molecule has 5 rings (SSSR count). The molecule has 1 atom stereocenters. The van der Waals surface area contributed by atoms with E-state index < -0.39 is 12.8 Å². The van der Waals surface area contributed by atoms with Crippen LogP contribution in [0.3, 0.4) is 0 Å². The number of fused-ring (bicyclic) bond motifs is 2. The van der Waals surface area contributed by atoms with E-state index in [2.05, 4.69) is 10.6 Å². The van der Waals surface area contributed by atoms with Crippen molar-refractivity contribution in [2.45, 2.75) is 38.5 Å². The number of benzene rings is 2. The second-order valence-electron chi connectivity index (χ2n) is 9.01. The van der Waals surface area contributed by atoms with Gasteiger partial charge in [0.15, 0.2) is 18.1 Å². The molecule has 37 heavy (non-hydrogen) atoms. The first-order valence-corrected chi connectivity index (χ1v) is 13.0. The standard InChI is InChI=1S/C28H27F3N2O3S/c1-3-32-16-21(20-6-4-5-7-22(20)32)27(34)33-12-10-19-11-13-37-26(19)23(33)14-18-8-9-24(35-2)25(15-18)36-17-28(29,30)31/h4-9,11,13,15-16,23H,3,10,12,14,17H2,1-2H3. The van der Waals surface area contributed by atoms with Gasteiger partial charge in [0.25, 0.3) is 5.91 Å². The Balaban J connectivity index is 1.49. The highest BCUT2D eigenvalue weighted by Crippen LogP contribution is 2.39. The molecule has 9 heteroatoms. The van der Waals surface area contributed by atoms with Crippen LogP contribution in [0.15, 0.2) is 60.1 Å². The fourth-order valence-corrected chi connectivity index (χ4v) is 6.08. The summed E-state index contributed by atoms with van der Waals surface area (Å²) in [5.41, 5.74) is 3.64. The Bertz CT molecular complexity index is 1430. The Morgan fingerprint density at radius 3 is 2.70 bits per heavy atom. The summed E-state index contributed by atoms with van der Waals surface area (Å²) in [6, 6.07) is 14.7. The van der Waals surface area contributed by atoms with Gasteiger partial charge in [0.05, 0.1) is 18.7 Å². The lowest BCUT2D eigenvalue weighted by atomic mass is 9.94. The van der Waals surface area contributed by atoms with E-state index in [0.717, 1.165) is 34.3 Å². The number of halogens is 3. The number of hydrogen-bond acceptors (Lipinski definition) is 4. The minimum Gasteiger partial charge on any atom is -0.493 e. The van der Waals surface area contributed by atoms with Gasteiger partial charge in [0.1, 0.15) is 0 Å². The molecule has 2 aromatic carbocycles. The maximum absolute atomic E-state index is 14.0. The monoisotopic (exact) mass is 528 g/mol. The van der Waals surface area contributed by atoms with E-state index in [9.17, 15) is 18.0 Å². The van der Waals surface area contributed by atoms with Crippen molar-refractivity contribution in [1.29, 1.82) is 0 Å². The summed E-state index contributed by atoms with van der Waals surface area (Å²) in [7, 11) is 1.39. The number of aromatic nitrogens is 1. The van der Waals surface area contributed by atoms with Gasteiger partial charge in [0.2, 0.25) is 0 Å². The molecular weight excluding hydrogens is 501 g/mol. The third-order valence-corrected chi connectivity index (χ3v) is 7.81. The predicted octanol–water partition coefficient (Wildman–Crippen LogP) is 6.65. The molecule has 1 aliphatic heterocycles. The lowest BCUT2D eigenvalue weighted by Crippen LogP contribution is -2.40. The molecule has 3 heterocycles. The summed E-state index contributed by atoms with van der Waals surface area (Å²) in [5.74, 6) is 0.215. The molecule has 1 aliphatic rings. The van der Waals surface area contributed by atoms with Crippen LogP contribution in [-0.4, -0.2) is 41.8 Å². The van der Waals surface area contributed by atoms with Crippen molar-refractivity contribution in [2.24, 2.45) is 0 Å². The van der Waals surface area contributed by atoms with Crippen LogP contribution >= 0.6 is 11.3 Å². The van der Waals surface area contributed by atoms with Crippen LogP contribution in [0, 0.1) is 0 Å². The van der Waals surface area contributed by atoms with Crippen LogP contribution in [-0.2, 0) is 19.4 Å². The normalized spacial score (nSPS) is 15.6. The number of carbonyl (C=O) groups excluding carboxylic acids is 1. The Labute approximate surface area is 217 Å². The van der Waals surface area contributed by atoms with Gasteiger partial charge in [-0.1, -0.05) is 24.3 Å². The van der Waals surface area contributed by atoms with Crippen molar-refractivity contribution in [1.82, 2.24) is 9.47 Å². The molecule has 0 radical (unpaired) electrons. The van der Waals surface area contributed by atoms with Gasteiger partial charge in [-0.25, -0.2) is 0 Å². The number of alkyl halides is 3. The zero-order valence-electron chi connectivity index (χ0n) is 20.5. The topological polar surface area (TPSA) is 43.7 Å². The number of amides is 1. The number of para-hydroxylation sites is 1. The first-order valence-electron chi connectivity index (χ1n) is 12.1. The van der Waals surface area contributed by atoms with Crippen molar-refractivity contribution in [3.05, 3.63) is 81.7 Å². The van der Waals surface area contributed by atoms with E-state index >= 15 is 0 Å². The molecule has 5 nitrogen and oxygen atoms in total. The number of aryl methyl sites for hydroxylation is 1. The van der Waals surface area contributed by atoms with Crippen molar-refractivity contribution in [3.63, 3.8) is 0 Å². The number of methoxy groups -OCH3 is 1. The van der Waals surface area contributed by atoms with E-state index in [-0.39, 0.29) is 23.4 Å². The highest BCUT2D eigenvalue weighted by molar-refractivity contribution is 7.10. The van der Waals surface area contributed by atoms with E-state index in [1.807, 2.05) is 53.7 Å². The number of thiophene rings is 1. The van der Waals surface area contributed by atoms with Crippen LogP contribution in [0.2, 0.25) is 0 Å². The lowest BCUT2D eigenvalue weighted by Gasteiger charge is -2.36. The molecule has 0 spiro atoms. The summed E-state index contributed by atoms with van der Waals surface area (Å²) in [6.45, 7) is 1.95. The first-order chi connectivity index (χ1) is 17.8. The first kappa shape index (κ1) is 25.2. The number of carbonyl (C=O) groups is 1. The highest BCUT2D eigenvalue weighted by Gasteiger charge is 2.34. The van der Waals surface area contributed by atoms with Crippen molar-refractivity contribution < 1.29 is 27.4 Å². The molecule has 194 valence electrons. The van der Waals surface area contributed by atoms with E-state index in [1.165, 1.54) is 12.7 Å². The van der Waals surface area contributed by atoms with Crippen LogP contribution in [0.25, 0.3) is 10.9 Å². The fourth-order valence-electron chi connectivity index (χ4n) is 5.01. The minimum atomic E-state index is -4.46. The lowest BCUT2D eigenvalue weighted by molar-refractivity contribution is -0.153. The average molecular weight is 529 g/mol. The number of rotatable bonds is 7. The maximum atomic E-state index is 14.0. The summed E-state index contributed by atoms with van der Waals surface area (Å²) in [6.07, 6.45) is -1.34. The van der Waals surface area contributed by atoms with Gasteiger partial charge in [-0.2, -0.15) is 13.2 Å². The minimum absolute atomic E-state index is 0.0310. The van der Waals surface area contributed by atoms with Gasteiger partial charge in [-0.3, -0.25) is 4.79 Å². The van der Waals surface area contributed by atoms with Gasteiger partial charge in [-0.15, -0.1) is 11.3 Å². The molecule has 0 N–H and O–H groups in total. The van der Waals surface area contributed by atoms with E-state index in [0.29, 0.717) is 18.5 Å². The van der Waals surface area contributed by atoms with Crippen LogP contribution in [0.5, 0.6) is 11.5 Å². The smallest absolute Gasteiger partial charge is 0.422 e. The van der Waals surface area contributed by atoms with Crippen molar-refractivity contribution >= 4 is 28.1 Å². The molecule has 0 saturated carbocycles. The number of ether oxygens (including phenoxy) is 2. The molecule has 0 fully saturated rings. The van der Waals surface area contributed by atoms with Gasteiger partial charge in [0, 0.05) is 35.1 Å². The van der Waals surface area contributed by atoms with Crippen LogP contribution < -0.4 is 9.47 Å². The van der Waals surface area contributed by atoms with Crippen molar-refractivity contribution in [2.75, 3.05) is 20.3 Å². The van der Waals surface area contributed by atoms with Gasteiger partial charge >= 0.3 is 6.18 Å². The largest absolute Gasteiger partial charge is 0.493 e. The zero-order chi connectivity index (χ0) is 26.2. The molecule has 0 bridgehead atoms. The summed E-state index contributed by atoms with van der Waals surface area (Å²) in [4.78, 5) is 17.0. The van der Waals surface area contributed by atoms with Gasteiger partial charge in [-0.05, 0) is 60.5 Å². The number of nitrogens with zero attached hydrogens (tertiary/aromatic N) is 2. The fraction of sp³-hybridized carbons (Fsp3) is 0.321. The third kappa shape index (κ3) is 5.05. The Morgan fingerprint density at radius 2 is 1.95 bits per heavy atom. The van der Waals surface area contributed by atoms with Gasteiger partial charge < -0.3 is 18.9 Å². The molecule has 0 aliphatic carbocycles. The van der Waals surface area contributed by atoms with Crippen LogP contribution in [0.4, 0.5) is 13.2 Å². The summed E-state index contributed by atoms with van der Waals surface area (Å²) >= 11 is 1.60. The number of hydrogen-bond donors (Lipinski definition) is 0. The van der Waals surface area contributed by atoms with Crippen LogP contribution in [0.1, 0.15) is 39.3 Å². The van der Waals surface area contributed by atoms with E-state index in [1.54, 1.807) is 23.5 Å². The molecule has 1 amide bonds. The Morgan fingerprint density at radius 1 is 1.14 bits per heavy atom. The second-order valence-corrected chi connectivity index (χ2v) is 9.96. The Kier molecular flexibility index (Phi) is 6.90. The predicted molar refractivity (Wildman–Crippen MR) is 138 cm³/mol. The molecule has 1 unspecified atom stereocenters. The molecular formula is C28H27F3N2O3S. The Hall–Kier alpha value is -3.46. The summed E-state index contributed by atoms with van der Waals surface area (Å²) in [5, 5.41) is 2.94. The third-order valence-electron chi connectivity index (χ3n) is 6.75. The van der Waals surface area contributed by atoms with Crippen molar-refractivity contribution in [3.8, 4) is 11.5 Å². The molecule has 0 saturated heterocycles.